The van der Waals surface area contributed by atoms with E-state index in [4.69, 9.17) is 4.74 Å². The Morgan fingerprint density at radius 3 is 2.35 bits per heavy atom. The third-order valence-electron chi connectivity index (χ3n) is 3.18. The van der Waals surface area contributed by atoms with Crippen molar-refractivity contribution in [3.8, 4) is 5.75 Å². The number of benzene rings is 2. The molecule has 0 atom stereocenters. The zero-order valence-corrected chi connectivity index (χ0v) is 13.4. The predicted octanol–water partition coefficient (Wildman–Crippen LogP) is 3.36. The summed E-state index contributed by atoms with van der Waals surface area (Å²) in [4.78, 5) is 11.8. The third-order valence-corrected chi connectivity index (χ3v) is 3.18. The minimum atomic E-state index is -0.356. The smallest absolute Gasteiger partial charge is 0.277 e. The molecular weight excluding hydrogens is 295 g/mol. The third kappa shape index (κ3) is 5.21. The molecule has 0 bridgehead atoms. The van der Waals surface area contributed by atoms with Crippen molar-refractivity contribution < 1.29 is 13.9 Å². The number of nitrogens with zero attached hydrogens (tertiary/aromatic N) is 1. The molecule has 0 spiro atoms. The van der Waals surface area contributed by atoms with Gasteiger partial charge in [-0.1, -0.05) is 18.2 Å². The first-order valence-corrected chi connectivity index (χ1v) is 7.24. The summed E-state index contributed by atoms with van der Waals surface area (Å²) in [7, 11) is 0. The summed E-state index contributed by atoms with van der Waals surface area (Å²) in [5, 5.41) is 3.99. The second-order valence-corrected chi connectivity index (χ2v) is 5.35. The number of hydrazone groups is 1. The molecule has 1 N–H and O–H groups in total. The van der Waals surface area contributed by atoms with Gasteiger partial charge in [0.25, 0.3) is 5.91 Å². The highest BCUT2D eigenvalue weighted by molar-refractivity contribution is 5.99. The molecule has 0 saturated heterocycles. The van der Waals surface area contributed by atoms with Crippen LogP contribution in [0.1, 0.15) is 23.6 Å². The highest BCUT2D eigenvalue weighted by atomic mass is 19.1. The molecule has 5 heteroatoms. The molecule has 1 amide bonds. The lowest BCUT2D eigenvalue weighted by Crippen LogP contribution is -2.25. The van der Waals surface area contributed by atoms with Crippen LogP contribution in [0.5, 0.6) is 5.75 Å². The lowest BCUT2D eigenvalue weighted by Gasteiger charge is -2.07. The first kappa shape index (κ1) is 16.7. The fraction of sp³-hybridized carbons (Fsp3) is 0.222. The number of carbonyl (C=O) groups excluding carboxylic acids is 1. The number of carbonyl (C=O) groups is 1. The van der Waals surface area contributed by atoms with Gasteiger partial charge < -0.3 is 4.74 Å². The van der Waals surface area contributed by atoms with Crippen molar-refractivity contribution >= 4 is 11.6 Å². The Morgan fingerprint density at radius 2 is 1.74 bits per heavy atom. The van der Waals surface area contributed by atoms with E-state index in [1.165, 1.54) is 12.1 Å². The van der Waals surface area contributed by atoms with Crippen LogP contribution < -0.4 is 10.2 Å². The summed E-state index contributed by atoms with van der Waals surface area (Å²) in [5.74, 6) is -0.0186. The molecular formula is C18H19FN2O2. The average molecular weight is 314 g/mol. The summed E-state index contributed by atoms with van der Waals surface area (Å²) >= 11 is 0. The quantitative estimate of drug-likeness (QED) is 0.679. The van der Waals surface area contributed by atoms with Gasteiger partial charge in [-0.05, 0) is 61.7 Å². The van der Waals surface area contributed by atoms with Gasteiger partial charge in [0.05, 0.1) is 5.71 Å². The van der Waals surface area contributed by atoms with Crippen molar-refractivity contribution in [2.75, 3.05) is 6.61 Å². The zero-order valence-electron chi connectivity index (χ0n) is 13.4. The molecule has 0 aliphatic heterocycles. The molecule has 0 fully saturated rings. The van der Waals surface area contributed by atoms with Crippen LogP contribution in [-0.2, 0) is 4.79 Å². The Kier molecular flexibility index (Phi) is 5.46. The van der Waals surface area contributed by atoms with Gasteiger partial charge in [-0.25, -0.2) is 9.82 Å². The number of hydrogen-bond donors (Lipinski definition) is 1. The summed E-state index contributed by atoms with van der Waals surface area (Å²) in [6, 6.07) is 11.7. The van der Waals surface area contributed by atoms with Crippen LogP contribution in [0, 0.1) is 19.7 Å². The highest BCUT2D eigenvalue weighted by Gasteiger charge is 2.04. The van der Waals surface area contributed by atoms with Crippen molar-refractivity contribution in [2.45, 2.75) is 20.8 Å². The lowest BCUT2D eigenvalue weighted by molar-refractivity contribution is -0.123. The van der Waals surface area contributed by atoms with Gasteiger partial charge >= 0.3 is 0 Å². The van der Waals surface area contributed by atoms with Gasteiger partial charge in [-0.3, -0.25) is 4.79 Å². The van der Waals surface area contributed by atoms with Gasteiger partial charge in [0.15, 0.2) is 6.61 Å². The van der Waals surface area contributed by atoms with Crippen molar-refractivity contribution in [2.24, 2.45) is 5.10 Å². The van der Waals surface area contributed by atoms with Crippen molar-refractivity contribution in [1.82, 2.24) is 5.43 Å². The van der Waals surface area contributed by atoms with Crippen LogP contribution in [0.15, 0.2) is 47.6 Å². The monoisotopic (exact) mass is 314 g/mol. The van der Waals surface area contributed by atoms with Crippen molar-refractivity contribution in [1.29, 1.82) is 0 Å². The Labute approximate surface area is 135 Å². The van der Waals surface area contributed by atoms with E-state index in [0.717, 1.165) is 16.7 Å². The molecule has 0 aliphatic rings. The van der Waals surface area contributed by atoms with Crippen LogP contribution in [0.4, 0.5) is 4.39 Å². The van der Waals surface area contributed by atoms with Gasteiger partial charge in [0.1, 0.15) is 11.6 Å². The standard InChI is InChI=1S/C18H19FN2O2/c1-12-8-13(2)10-17(9-12)23-11-18(22)21-20-14(3)15-4-6-16(19)7-5-15/h4-10H,11H2,1-3H3,(H,21,22)/b20-14+. The van der Waals surface area contributed by atoms with E-state index in [1.807, 2.05) is 32.0 Å². The Balaban J connectivity index is 1.89. The van der Waals surface area contributed by atoms with Gasteiger partial charge in [-0.2, -0.15) is 5.10 Å². The second-order valence-electron chi connectivity index (χ2n) is 5.35. The molecule has 2 rings (SSSR count). The van der Waals surface area contributed by atoms with Crippen LogP contribution in [0.3, 0.4) is 0 Å². The molecule has 0 radical (unpaired) electrons. The first-order valence-electron chi connectivity index (χ1n) is 7.24. The Bertz CT molecular complexity index is 704. The molecule has 0 unspecified atom stereocenters. The summed E-state index contributed by atoms with van der Waals surface area (Å²) in [5.41, 5.74) is 5.90. The maximum atomic E-state index is 12.9. The molecule has 2 aromatic rings. The predicted molar refractivity (Wildman–Crippen MR) is 88.2 cm³/mol. The largest absolute Gasteiger partial charge is 0.484 e. The minimum absolute atomic E-state index is 0.122. The molecule has 23 heavy (non-hydrogen) atoms. The molecule has 4 nitrogen and oxygen atoms in total. The van der Waals surface area contributed by atoms with Gasteiger partial charge in [0, 0.05) is 0 Å². The fourth-order valence-corrected chi connectivity index (χ4v) is 2.10. The SMILES string of the molecule is C/C(=N\NC(=O)COc1cc(C)cc(C)c1)c1ccc(F)cc1. The van der Waals surface area contributed by atoms with Crippen LogP contribution >= 0.6 is 0 Å². The number of hydrogen-bond acceptors (Lipinski definition) is 3. The summed E-state index contributed by atoms with van der Waals surface area (Å²) in [6.07, 6.45) is 0. The number of amides is 1. The van der Waals surface area contributed by atoms with E-state index in [9.17, 15) is 9.18 Å². The Hall–Kier alpha value is -2.69. The number of aryl methyl sites for hydroxylation is 2. The molecule has 0 aromatic heterocycles. The molecule has 2 aromatic carbocycles. The number of halogens is 1. The van der Waals surface area contributed by atoms with E-state index in [2.05, 4.69) is 10.5 Å². The average Bonchev–Trinajstić information content (AvgIpc) is 2.50. The van der Waals surface area contributed by atoms with E-state index in [-0.39, 0.29) is 18.3 Å². The minimum Gasteiger partial charge on any atom is -0.484 e. The van der Waals surface area contributed by atoms with Crippen LogP contribution in [0.2, 0.25) is 0 Å². The lowest BCUT2D eigenvalue weighted by atomic mass is 10.1. The van der Waals surface area contributed by atoms with Crippen LogP contribution in [0.25, 0.3) is 0 Å². The molecule has 120 valence electrons. The molecule has 0 saturated carbocycles. The maximum Gasteiger partial charge on any atom is 0.277 e. The molecule has 0 aliphatic carbocycles. The van der Waals surface area contributed by atoms with Gasteiger partial charge in [0.2, 0.25) is 0 Å². The zero-order chi connectivity index (χ0) is 16.8. The van der Waals surface area contributed by atoms with E-state index in [1.54, 1.807) is 19.1 Å². The van der Waals surface area contributed by atoms with Gasteiger partial charge in [-0.15, -0.1) is 0 Å². The molecule has 0 heterocycles. The van der Waals surface area contributed by atoms with Crippen molar-refractivity contribution in [3.63, 3.8) is 0 Å². The Morgan fingerprint density at radius 1 is 1.13 bits per heavy atom. The number of nitrogens with one attached hydrogen (secondary N) is 1. The van der Waals surface area contributed by atoms with E-state index in [0.29, 0.717) is 11.5 Å². The second kappa shape index (κ2) is 7.54. The highest BCUT2D eigenvalue weighted by Crippen LogP contribution is 2.15. The van der Waals surface area contributed by atoms with E-state index < -0.39 is 0 Å². The van der Waals surface area contributed by atoms with Crippen molar-refractivity contribution in [3.05, 3.63) is 65.0 Å². The summed E-state index contributed by atoms with van der Waals surface area (Å²) in [6.45, 7) is 5.55. The normalized spacial score (nSPS) is 11.2. The van der Waals surface area contributed by atoms with E-state index >= 15 is 0 Å². The maximum absolute atomic E-state index is 12.9. The number of ether oxygens (including phenoxy) is 1. The number of rotatable bonds is 5. The topological polar surface area (TPSA) is 50.7 Å². The summed E-state index contributed by atoms with van der Waals surface area (Å²) < 4.78 is 18.3. The first-order chi connectivity index (χ1) is 10.9. The fourth-order valence-electron chi connectivity index (χ4n) is 2.10. The van der Waals surface area contributed by atoms with Crippen LogP contribution in [-0.4, -0.2) is 18.2 Å².